The molecule has 0 atom stereocenters. The summed E-state index contributed by atoms with van der Waals surface area (Å²) >= 11 is 0. The van der Waals surface area contributed by atoms with E-state index in [2.05, 4.69) is 10.1 Å². The maximum atomic E-state index is 10.8. The number of carbonyl (C=O) groups is 2. The highest BCUT2D eigenvalue weighted by Crippen LogP contribution is 1.99. The fraction of sp³-hybridized carbons (Fsp3) is 0. The zero-order valence-corrected chi connectivity index (χ0v) is 7.54. The number of carboxylic acid groups (broad SMARTS) is 1. The number of urea groups is 1. The van der Waals surface area contributed by atoms with E-state index < -0.39 is 12.0 Å². The number of hydrogen-bond donors (Lipinski definition) is 3. The smallest absolute Gasteiger partial charge is 0.356 e. The molecule has 1 heterocycles. The van der Waals surface area contributed by atoms with Crippen molar-refractivity contribution in [3.63, 3.8) is 0 Å². The van der Waals surface area contributed by atoms with Crippen LogP contribution in [0.4, 0.5) is 4.79 Å². The van der Waals surface area contributed by atoms with Crippen LogP contribution in [0.5, 0.6) is 0 Å². The van der Waals surface area contributed by atoms with Gasteiger partial charge in [0.2, 0.25) is 0 Å². The third-order valence-electron chi connectivity index (χ3n) is 1.43. The molecule has 1 rings (SSSR count). The molecule has 0 radical (unpaired) electrons. The van der Waals surface area contributed by atoms with Crippen LogP contribution in [-0.2, 0) is 4.79 Å². The number of pyridine rings is 1. The van der Waals surface area contributed by atoms with Gasteiger partial charge in [-0.05, 0) is 12.1 Å². The first-order valence-electron chi connectivity index (χ1n) is 3.88. The van der Waals surface area contributed by atoms with Crippen molar-refractivity contribution < 1.29 is 14.7 Å². The van der Waals surface area contributed by atoms with Crippen molar-refractivity contribution in [2.75, 3.05) is 0 Å². The SMILES string of the molecule is NC(=O)N/N=C(\C(=O)O)c1ccncc1. The molecular formula is C8H8N4O3. The molecule has 0 saturated carbocycles. The largest absolute Gasteiger partial charge is 0.476 e. The zero-order chi connectivity index (χ0) is 11.3. The van der Waals surface area contributed by atoms with Crippen LogP contribution in [0.2, 0.25) is 0 Å². The van der Waals surface area contributed by atoms with Crippen LogP contribution in [0.25, 0.3) is 0 Å². The molecule has 4 N–H and O–H groups in total. The van der Waals surface area contributed by atoms with Gasteiger partial charge < -0.3 is 10.8 Å². The Bertz CT molecular complexity index is 402. The molecule has 0 bridgehead atoms. The number of nitrogens with one attached hydrogen (secondary N) is 1. The number of carbonyl (C=O) groups excluding carboxylic acids is 1. The van der Waals surface area contributed by atoms with Crippen molar-refractivity contribution in [3.8, 4) is 0 Å². The van der Waals surface area contributed by atoms with E-state index >= 15 is 0 Å². The Morgan fingerprint density at radius 2 is 2.00 bits per heavy atom. The average molecular weight is 208 g/mol. The number of nitrogens with zero attached hydrogens (tertiary/aromatic N) is 2. The molecule has 2 amide bonds. The summed E-state index contributed by atoms with van der Waals surface area (Å²) < 4.78 is 0. The molecule has 1 aromatic heterocycles. The van der Waals surface area contributed by atoms with Crippen LogP contribution in [-0.4, -0.2) is 27.8 Å². The van der Waals surface area contributed by atoms with E-state index in [1.54, 1.807) is 0 Å². The second-order valence-electron chi connectivity index (χ2n) is 2.48. The molecule has 0 spiro atoms. The average Bonchev–Trinajstić information content (AvgIpc) is 2.18. The van der Waals surface area contributed by atoms with Gasteiger partial charge in [0.1, 0.15) is 0 Å². The number of hydrogen-bond acceptors (Lipinski definition) is 4. The molecule has 0 aliphatic heterocycles. The van der Waals surface area contributed by atoms with Gasteiger partial charge in [0.05, 0.1) is 0 Å². The Kier molecular flexibility index (Phi) is 3.33. The van der Waals surface area contributed by atoms with E-state index in [9.17, 15) is 9.59 Å². The number of primary amides is 1. The number of rotatable bonds is 3. The van der Waals surface area contributed by atoms with E-state index in [-0.39, 0.29) is 5.71 Å². The van der Waals surface area contributed by atoms with Crippen molar-refractivity contribution in [2.45, 2.75) is 0 Å². The van der Waals surface area contributed by atoms with E-state index in [4.69, 9.17) is 10.8 Å². The highest BCUT2D eigenvalue weighted by molar-refractivity contribution is 6.42. The Morgan fingerprint density at radius 3 is 2.47 bits per heavy atom. The van der Waals surface area contributed by atoms with E-state index in [0.29, 0.717) is 5.56 Å². The van der Waals surface area contributed by atoms with Gasteiger partial charge in [-0.25, -0.2) is 15.0 Å². The lowest BCUT2D eigenvalue weighted by Gasteiger charge is -2.00. The summed E-state index contributed by atoms with van der Waals surface area (Å²) in [6.07, 6.45) is 2.83. The van der Waals surface area contributed by atoms with E-state index in [1.807, 2.05) is 5.43 Å². The van der Waals surface area contributed by atoms with Gasteiger partial charge in [0.15, 0.2) is 5.71 Å². The molecule has 0 saturated heterocycles. The molecular weight excluding hydrogens is 200 g/mol. The molecule has 0 aliphatic carbocycles. The molecule has 0 unspecified atom stereocenters. The first kappa shape index (κ1) is 10.6. The number of aromatic nitrogens is 1. The number of hydrazone groups is 1. The lowest BCUT2D eigenvalue weighted by atomic mass is 10.2. The maximum Gasteiger partial charge on any atom is 0.356 e. The number of amides is 2. The fourth-order valence-electron chi connectivity index (χ4n) is 0.857. The standard InChI is InChI=1S/C8H8N4O3/c9-8(15)12-11-6(7(13)14)5-1-3-10-4-2-5/h1-4H,(H,13,14)(H3,9,12,15)/b11-6-. The minimum Gasteiger partial charge on any atom is -0.476 e. The predicted molar refractivity (Wildman–Crippen MR) is 51.1 cm³/mol. The summed E-state index contributed by atoms with van der Waals surface area (Å²) in [5.41, 5.74) is 6.62. The van der Waals surface area contributed by atoms with Crippen molar-refractivity contribution in [1.82, 2.24) is 10.4 Å². The van der Waals surface area contributed by atoms with Crippen molar-refractivity contribution >= 4 is 17.7 Å². The van der Waals surface area contributed by atoms with Crippen LogP contribution in [0.3, 0.4) is 0 Å². The molecule has 7 nitrogen and oxygen atoms in total. The third-order valence-corrected chi connectivity index (χ3v) is 1.43. The topological polar surface area (TPSA) is 118 Å². The quantitative estimate of drug-likeness (QED) is 0.460. The Balaban J connectivity index is 2.99. The molecule has 15 heavy (non-hydrogen) atoms. The Hall–Kier alpha value is -2.44. The summed E-state index contributed by atoms with van der Waals surface area (Å²) in [4.78, 5) is 24.8. The Labute approximate surface area is 84.6 Å². The van der Waals surface area contributed by atoms with Crippen LogP contribution in [0.1, 0.15) is 5.56 Å². The highest BCUT2D eigenvalue weighted by Gasteiger charge is 2.12. The lowest BCUT2D eigenvalue weighted by Crippen LogP contribution is -2.28. The number of carboxylic acids is 1. The van der Waals surface area contributed by atoms with Gasteiger partial charge >= 0.3 is 12.0 Å². The molecule has 7 heteroatoms. The summed E-state index contributed by atoms with van der Waals surface area (Å²) in [6, 6.07) is 1.98. The van der Waals surface area contributed by atoms with E-state index in [0.717, 1.165) is 0 Å². The first-order chi connectivity index (χ1) is 7.11. The van der Waals surface area contributed by atoms with Gasteiger partial charge in [-0.15, -0.1) is 0 Å². The van der Waals surface area contributed by atoms with Gasteiger partial charge in [0, 0.05) is 18.0 Å². The molecule has 0 aromatic carbocycles. The van der Waals surface area contributed by atoms with Crippen molar-refractivity contribution in [3.05, 3.63) is 30.1 Å². The minimum atomic E-state index is -1.27. The van der Waals surface area contributed by atoms with Gasteiger partial charge in [-0.1, -0.05) is 0 Å². The fourth-order valence-corrected chi connectivity index (χ4v) is 0.857. The molecule has 0 fully saturated rings. The minimum absolute atomic E-state index is 0.309. The van der Waals surface area contributed by atoms with Crippen molar-refractivity contribution in [1.29, 1.82) is 0 Å². The third kappa shape index (κ3) is 3.07. The van der Waals surface area contributed by atoms with Crippen molar-refractivity contribution in [2.24, 2.45) is 10.8 Å². The van der Waals surface area contributed by atoms with Gasteiger partial charge in [-0.3, -0.25) is 4.98 Å². The summed E-state index contributed by atoms with van der Waals surface area (Å²) in [6.45, 7) is 0. The summed E-state index contributed by atoms with van der Waals surface area (Å²) in [5, 5.41) is 12.2. The number of aliphatic carboxylic acids is 1. The second kappa shape index (κ2) is 4.70. The summed E-state index contributed by atoms with van der Waals surface area (Å²) in [5.74, 6) is -1.27. The summed E-state index contributed by atoms with van der Waals surface area (Å²) in [7, 11) is 0. The monoisotopic (exact) mass is 208 g/mol. The first-order valence-corrected chi connectivity index (χ1v) is 3.88. The van der Waals surface area contributed by atoms with Gasteiger partial charge in [-0.2, -0.15) is 5.10 Å². The van der Waals surface area contributed by atoms with E-state index in [1.165, 1.54) is 24.5 Å². The van der Waals surface area contributed by atoms with Crippen LogP contribution < -0.4 is 11.2 Å². The highest BCUT2D eigenvalue weighted by atomic mass is 16.4. The lowest BCUT2D eigenvalue weighted by molar-refractivity contribution is -0.129. The molecule has 0 aliphatic rings. The Morgan fingerprint density at radius 1 is 1.40 bits per heavy atom. The zero-order valence-electron chi connectivity index (χ0n) is 7.54. The molecule has 78 valence electrons. The van der Waals surface area contributed by atoms with Crippen LogP contribution >= 0.6 is 0 Å². The van der Waals surface area contributed by atoms with Crippen LogP contribution in [0.15, 0.2) is 29.6 Å². The van der Waals surface area contributed by atoms with Crippen LogP contribution in [0, 0.1) is 0 Å². The second-order valence-corrected chi connectivity index (χ2v) is 2.48. The van der Waals surface area contributed by atoms with Gasteiger partial charge in [0.25, 0.3) is 0 Å². The predicted octanol–water partition coefficient (Wildman–Crippen LogP) is -0.461. The maximum absolute atomic E-state index is 10.8. The normalized spacial score (nSPS) is 10.8. The number of nitrogens with two attached hydrogens (primary N) is 1. The molecule has 1 aromatic rings.